The standard InChI is InChI=1S/C12H23NO2S/c1-2-12(6-3-4-7-12)10-13-11-5-8-16(14,15)9-11/h11,13H,2-10H2,1H3. The van der Waals surface area contributed by atoms with Crippen LogP contribution < -0.4 is 5.32 Å². The molecule has 1 saturated carbocycles. The molecule has 1 heterocycles. The Bertz CT molecular complexity index is 331. The molecule has 1 aliphatic carbocycles. The lowest BCUT2D eigenvalue weighted by Crippen LogP contribution is -2.39. The van der Waals surface area contributed by atoms with E-state index in [0.717, 1.165) is 13.0 Å². The molecule has 0 amide bonds. The molecular weight excluding hydrogens is 222 g/mol. The lowest BCUT2D eigenvalue weighted by atomic mass is 9.83. The van der Waals surface area contributed by atoms with Gasteiger partial charge in [0.15, 0.2) is 9.84 Å². The first-order valence-corrected chi connectivity index (χ1v) is 8.31. The molecule has 2 aliphatic rings. The predicted octanol–water partition coefficient (Wildman–Crippen LogP) is 1.73. The van der Waals surface area contributed by atoms with Crippen molar-refractivity contribution in [3.8, 4) is 0 Å². The summed E-state index contributed by atoms with van der Waals surface area (Å²) in [5.74, 6) is 0.733. The van der Waals surface area contributed by atoms with Crippen LogP contribution in [-0.4, -0.2) is 32.5 Å². The number of sulfone groups is 1. The van der Waals surface area contributed by atoms with Crippen LogP contribution in [0.5, 0.6) is 0 Å². The number of rotatable bonds is 4. The second-order valence-corrected chi connectivity index (χ2v) is 7.77. The fourth-order valence-corrected chi connectivity index (χ4v) is 4.81. The van der Waals surface area contributed by atoms with Gasteiger partial charge in [-0.1, -0.05) is 19.8 Å². The summed E-state index contributed by atoms with van der Waals surface area (Å²) in [6.45, 7) is 3.28. The molecule has 0 aromatic heterocycles. The quantitative estimate of drug-likeness (QED) is 0.820. The molecule has 2 rings (SSSR count). The van der Waals surface area contributed by atoms with Crippen LogP contribution in [0.2, 0.25) is 0 Å². The van der Waals surface area contributed by atoms with Crippen molar-refractivity contribution in [1.29, 1.82) is 0 Å². The Balaban J connectivity index is 1.83. The van der Waals surface area contributed by atoms with Crippen LogP contribution in [0.1, 0.15) is 45.4 Å². The number of nitrogens with one attached hydrogen (secondary N) is 1. The molecule has 0 radical (unpaired) electrons. The van der Waals surface area contributed by atoms with Crippen LogP contribution in [0.4, 0.5) is 0 Å². The maximum absolute atomic E-state index is 11.3. The Morgan fingerprint density at radius 3 is 2.50 bits per heavy atom. The van der Waals surface area contributed by atoms with E-state index in [1.165, 1.54) is 32.1 Å². The van der Waals surface area contributed by atoms with Gasteiger partial charge >= 0.3 is 0 Å². The highest BCUT2D eigenvalue weighted by Gasteiger charge is 2.34. The Kier molecular flexibility index (Phi) is 3.59. The highest BCUT2D eigenvalue weighted by Crippen LogP contribution is 2.40. The monoisotopic (exact) mass is 245 g/mol. The van der Waals surface area contributed by atoms with E-state index in [1.54, 1.807) is 0 Å². The third-order valence-electron chi connectivity index (χ3n) is 4.41. The zero-order valence-electron chi connectivity index (χ0n) is 10.2. The summed E-state index contributed by atoms with van der Waals surface area (Å²) in [6, 6.07) is 0.217. The van der Waals surface area contributed by atoms with Crippen molar-refractivity contribution >= 4 is 9.84 Å². The molecule has 1 unspecified atom stereocenters. The minimum Gasteiger partial charge on any atom is -0.312 e. The fraction of sp³-hybridized carbons (Fsp3) is 1.00. The minimum absolute atomic E-state index is 0.217. The predicted molar refractivity (Wildman–Crippen MR) is 66.3 cm³/mol. The van der Waals surface area contributed by atoms with E-state index in [1.807, 2.05) is 0 Å². The topological polar surface area (TPSA) is 46.2 Å². The third kappa shape index (κ3) is 2.77. The van der Waals surface area contributed by atoms with E-state index < -0.39 is 9.84 Å². The Labute approximate surface area is 98.9 Å². The van der Waals surface area contributed by atoms with Crippen molar-refractivity contribution in [3.63, 3.8) is 0 Å². The molecule has 3 nitrogen and oxygen atoms in total. The third-order valence-corrected chi connectivity index (χ3v) is 6.18. The average molecular weight is 245 g/mol. The van der Waals surface area contributed by atoms with E-state index in [4.69, 9.17) is 0 Å². The van der Waals surface area contributed by atoms with Crippen molar-refractivity contribution in [2.75, 3.05) is 18.1 Å². The first-order chi connectivity index (χ1) is 7.55. The van der Waals surface area contributed by atoms with Crippen LogP contribution in [-0.2, 0) is 9.84 Å². The maximum Gasteiger partial charge on any atom is 0.151 e. The lowest BCUT2D eigenvalue weighted by Gasteiger charge is -2.29. The van der Waals surface area contributed by atoms with Crippen LogP contribution in [0.15, 0.2) is 0 Å². The van der Waals surface area contributed by atoms with E-state index in [-0.39, 0.29) is 6.04 Å². The van der Waals surface area contributed by atoms with Crippen molar-refractivity contribution in [1.82, 2.24) is 5.32 Å². The van der Waals surface area contributed by atoms with Gasteiger partial charge in [0.25, 0.3) is 0 Å². The molecule has 1 aliphatic heterocycles. The molecular formula is C12H23NO2S. The second kappa shape index (κ2) is 4.65. The van der Waals surface area contributed by atoms with Gasteiger partial charge in [0.1, 0.15) is 0 Å². The summed E-state index contributed by atoms with van der Waals surface area (Å²) in [7, 11) is -2.73. The smallest absolute Gasteiger partial charge is 0.151 e. The van der Waals surface area contributed by atoms with Crippen molar-refractivity contribution in [3.05, 3.63) is 0 Å². The van der Waals surface area contributed by atoms with Gasteiger partial charge in [-0.2, -0.15) is 0 Å². The number of hydrogen-bond donors (Lipinski definition) is 1. The lowest BCUT2D eigenvalue weighted by molar-refractivity contribution is 0.259. The van der Waals surface area contributed by atoms with Gasteiger partial charge in [-0.3, -0.25) is 0 Å². The van der Waals surface area contributed by atoms with Crippen molar-refractivity contribution < 1.29 is 8.42 Å². The molecule has 0 aromatic rings. The minimum atomic E-state index is -2.73. The van der Waals surface area contributed by atoms with Gasteiger partial charge in [-0.25, -0.2) is 8.42 Å². The summed E-state index contributed by atoms with van der Waals surface area (Å²) in [5.41, 5.74) is 0.465. The van der Waals surface area contributed by atoms with Crippen LogP contribution in [0.25, 0.3) is 0 Å². The molecule has 0 spiro atoms. The molecule has 16 heavy (non-hydrogen) atoms. The first-order valence-electron chi connectivity index (χ1n) is 6.49. The van der Waals surface area contributed by atoms with Gasteiger partial charge < -0.3 is 5.32 Å². The summed E-state index contributed by atoms with van der Waals surface area (Å²) in [5, 5.41) is 3.49. The Morgan fingerprint density at radius 2 is 2.00 bits per heavy atom. The van der Waals surface area contributed by atoms with Gasteiger partial charge in [-0.15, -0.1) is 0 Å². The number of hydrogen-bond acceptors (Lipinski definition) is 3. The highest BCUT2D eigenvalue weighted by atomic mass is 32.2. The molecule has 4 heteroatoms. The van der Waals surface area contributed by atoms with Crippen molar-refractivity contribution in [2.24, 2.45) is 5.41 Å². The van der Waals surface area contributed by atoms with Gasteiger partial charge in [0, 0.05) is 12.6 Å². The molecule has 1 atom stereocenters. The second-order valence-electron chi connectivity index (χ2n) is 5.54. The van der Waals surface area contributed by atoms with Crippen LogP contribution >= 0.6 is 0 Å². The summed E-state index contributed by atoms with van der Waals surface area (Å²) < 4.78 is 22.7. The first kappa shape index (κ1) is 12.4. The molecule has 0 bridgehead atoms. The van der Waals surface area contributed by atoms with E-state index in [0.29, 0.717) is 16.9 Å². The van der Waals surface area contributed by atoms with Gasteiger partial charge in [-0.05, 0) is 31.1 Å². The van der Waals surface area contributed by atoms with Crippen LogP contribution in [0.3, 0.4) is 0 Å². The zero-order chi connectivity index (χ0) is 11.6. The zero-order valence-corrected chi connectivity index (χ0v) is 11.0. The molecule has 1 N–H and O–H groups in total. The molecule has 94 valence electrons. The fourth-order valence-electron chi connectivity index (χ4n) is 3.10. The van der Waals surface area contributed by atoms with Gasteiger partial charge in [0.05, 0.1) is 11.5 Å². The van der Waals surface area contributed by atoms with E-state index >= 15 is 0 Å². The Morgan fingerprint density at radius 1 is 1.31 bits per heavy atom. The van der Waals surface area contributed by atoms with Crippen molar-refractivity contribution in [2.45, 2.75) is 51.5 Å². The Hall–Kier alpha value is -0.0900. The van der Waals surface area contributed by atoms with Gasteiger partial charge in [0.2, 0.25) is 0 Å². The molecule has 0 aromatic carbocycles. The summed E-state index contributed by atoms with van der Waals surface area (Å²) in [6.07, 6.45) is 7.35. The van der Waals surface area contributed by atoms with E-state index in [9.17, 15) is 8.42 Å². The normalized spacial score (nSPS) is 31.9. The molecule has 1 saturated heterocycles. The SMILES string of the molecule is CCC1(CNC2CCS(=O)(=O)C2)CCCC1. The van der Waals surface area contributed by atoms with Crippen LogP contribution in [0, 0.1) is 5.41 Å². The summed E-state index contributed by atoms with van der Waals surface area (Å²) in [4.78, 5) is 0. The summed E-state index contributed by atoms with van der Waals surface area (Å²) >= 11 is 0. The molecule has 2 fully saturated rings. The average Bonchev–Trinajstić information content (AvgIpc) is 2.83. The maximum atomic E-state index is 11.3. The highest BCUT2D eigenvalue weighted by molar-refractivity contribution is 7.91. The largest absolute Gasteiger partial charge is 0.312 e. The van der Waals surface area contributed by atoms with E-state index in [2.05, 4.69) is 12.2 Å².